The summed E-state index contributed by atoms with van der Waals surface area (Å²) in [4.78, 5) is 4.86. The Balaban J connectivity index is 0.000000582. The predicted molar refractivity (Wildman–Crippen MR) is 135 cm³/mol. The molecular weight excluding hydrogens is 482 g/mol. The van der Waals surface area contributed by atoms with Crippen LogP contribution in [0, 0.1) is 18.6 Å². The maximum atomic E-state index is 13.8. The number of hydrogen-bond donors (Lipinski definition) is 4. The normalized spacial score (nSPS) is 9.35. The van der Waals surface area contributed by atoms with Gasteiger partial charge in [-0.3, -0.25) is 0 Å². The van der Waals surface area contributed by atoms with E-state index in [0.29, 0.717) is 5.56 Å². The van der Waals surface area contributed by atoms with E-state index in [-0.39, 0.29) is 29.2 Å². The topological polar surface area (TPSA) is 91.0 Å². The molecule has 170 valence electrons. The number of nitrogen functional groups attached to an aromatic ring is 2. The maximum absolute atomic E-state index is 13.8. The van der Waals surface area contributed by atoms with Gasteiger partial charge in [-0.2, -0.15) is 0 Å². The fourth-order valence-electron chi connectivity index (χ4n) is 2.37. The lowest BCUT2D eigenvalue weighted by Crippen LogP contribution is -2.05. The van der Waals surface area contributed by atoms with Gasteiger partial charge in [-0.15, -0.1) is 12.6 Å². The van der Waals surface area contributed by atoms with E-state index < -0.39 is 11.6 Å². The highest BCUT2D eigenvalue weighted by atomic mass is 79.9. The quantitative estimate of drug-likeness (QED) is 0.225. The van der Waals surface area contributed by atoms with E-state index in [1.54, 1.807) is 0 Å². The van der Waals surface area contributed by atoms with Gasteiger partial charge < -0.3 is 17.2 Å². The van der Waals surface area contributed by atoms with Gasteiger partial charge in [0, 0.05) is 33.2 Å². The number of nitrogens with zero attached hydrogens (tertiary/aromatic N) is 1. The molecule has 0 spiro atoms. The van der Waals surface area contributed by atoms with Crippen molar-refractivity contribution in [3.63, 3.8) is 0 Å². The van der Waals surface area contributed by atoms with Crippen molar-refractivity contribution in [3.05, 3.63) is 69.8 Å². The highest BCUT2D eigenvalue weighted by molar-refractivity contribution is 9.10. The molecule has 0 aliphatic rings. The Morgan fingerprint density at radius 3 is 2.13 bits per heavy atom. The Bertz CT molecular complexity index is 918. The second-order valence-electron chi connectivity index (χ2n) is 5.78. The molecule has 1 aromatic heterocycles. The van der Waals surface area contributed by atoms with Crippen molar-refractivity contribution in [1.82, 2.24) is 4.98 Å². The fourth-order valence-corrected chi connectivity index (χ4v) is 3.50. The molecule has 0 aliphatic heterocycles. The van der Waals surface area contributed by atoms with E-state index >= 15 is 0 Å². The van der Waals surface area contributed by atoms with E-state index in [9.17, 15) is 8.78 Å². The number of halogens is 3. The first-order valence-corrected chi connectivity index (χ1v) is 11.1. The van der Waals surface area contributed by atoms with E-state index in [4.69, 9.17) is 17.2 Å². The highest BCUT2D eigenvalue weighted by Gasteiger charge is 2.15. The summed E-state index contributed by atoms with van der Waals surface area (Å²) in [7, 11) is 0. The summed E-state index contributed by atoms with van der Waals surface area (Å²) >= 11 is 7.56. The lowest BCUT2D eigenvalue weighted by atomic mass is 10.0. The molecule has 8 heteroatoms. The number of aromatic nitrogens is 1. The molecule has 4 nitrogen and oxygen atoms in total. The number of benzene rings is 2. The first-order valence-electron chi connectivity index (χ1n) is 9.87. The Kier molecular flexibility index (Phi) is 13.7. The molecule has 3 aromatic rings. The molecule has 0 atom stereocenters. The molecule has 31 heavy (non-hydrogen) atoms. The number of thiol groups is 1. The van der Waals surface area contributed by atoms with Crippen LogP contribution in [0.2, 0.25) is 0 Å². The summed E-state index contributed by atoms with van der Waals surface area (Å²) in [6.07, 6.45) is 1.29. The van der Waals surface area contributed by atoms with Crippen LogP contribution in [-0.2, 0) is 6.54 Å². The number of rotatable bonds is 2. The van der Waals surface area contributed by atoms with Crippen molar-refractivity contribution in [3.8, 4) is 11.1 Å². The standard InChI is InChI=1S/C12H12F2N4.C7H7BrS.2C2H6/c13-8-1-2-9(16)11(14)10(8)7-3-6(4-15)12(17)18-5-7;1-5-2-6(8)4-7(9)3-5;2*1-2/h1-3,5H,4,15-16H2,(H2,17,18);2-4,9H,1H3;2*1-2H3. The summed E-state index contributed by atoms with van der Waals surface area (Å²) in [5.74, 6) is -1.29. The molecule has 0 radical (unpaired) electrons. The molecule has 0 aliphatic carbocycles. The van der Waals surface area contributed by atoms with Gasteiger partial charge >= 0.3 is 0 Å². The van der Waals surface area contributed by atoms with E-state index in [1.165, 1.54) is 23.9 Å². The second-order valence-corrected chi connectivity index (χ2v) is 7.22. The van der Waals surface area contributed by atoms with Crippen LogP contribution in [0.15, 0.2) is 52.0 Å². The number of nitrogens with two attached hydrogens (primary N) is 3. The summed E-state index contributed by atoms with van der Waals surface area (Å²) in [6.45, 7) is 10.2. The molecule has 0 saturated carbocycles. The average Bonchev–Trinajstić information content (AvgIpc) is 2.74. The zero-order valence-electron chi connectivity index (χ0n) is 18.5. The molecular formula is C23H31BrF2N4S. The Hall–Kier alpha value is -2.16. The molecule has 3 rings (SSSR count). The van der Waals surface area contributed by atoms with Crippen molar-refractivity contribution in [2.75, 3.05) is 11.5 Å². The SMILES string of the molecule is CC.CC.Cc1cc(S)cc(Br)c1.NCc1cc(-c2c(F)ccc(N)c2F)cnc1N. The molecule has 2 aromatic carbocycles. The summed E-state index contributed by atoms with van der Waals surface area (Å²) in [5.41, 5.74) is 18.1. The van der Waals surface area contributed by atoms with Gasteiger partial charge in [0.05, 0.1) is 11.3 Å². The predicted octanol–water partition coefficient (Wildman–Crippen LogP) is 6.75. The number of hydrogen-bond acceptors (Lipinski definition) is 5. The number of aryl methyl sites for hydroxylation is 1. The van der Waals surface area contributed by atoms with Gasteiger partial charge in [0.1, 0.15) is 11.6 Å². The molecule has 0 saturated heterocycles. The van der Waals surface area contributed by atoms with Gasteiger partial charge in [0.2, 0.25) is 0 Å². The van der Waals surface area contributed by atoms with Crippen LogP contribution in [0.5, 0.6) is 0 Å². The first kappa shape index (κ1) is 28.8. The van der Waals surface area contributed by atoms with Gasteiger partial charge in [-0.1, -0.05) is 43.6 Å². The minimum absolute atomic E-state index is 0.127. The largest absolute Gasteiger partial charge is 0.396 e. The van der Waals surface area contributed by atoms with Crippen LogP contribution in [0.4, 0.5) is 20.3 Å². The van der Waals surface area contributed by atoms with Gasteiger partial charge in [-0.05, 0) is 48.9 Å². The lowest BCUT2D eigenvalue weighted by molar-refractivity contribution is 0.592. The van der Waals surface area contributed by atoms with Crippen LogP contribution in [0.3, 0.4) is 0 Å². The third kappa shape index (κ3) is 8.85. The molecule has 0 unspecified atom stereocenters. The van der Waals surface area contributed by atoms with E-state index in [0.717, 1.165) is 15.4 Å². The van der Waals surface area contributed by atoms with Crippen LogP contribution < -0.4 is 17.2 Å². The Morgan fingerprint density at radius 2 is 1.61 bits per heavy atom. The maximum Gasteiger partial charge on any atom is 0.156 e. The average molecular weight is 513 g/mol. The Labute approximate surface area is 197 Å². The molecule has 1 heterocycles. The van der Waals surface area contributed by atoms with Crippen LogP contribution >= 0.6 is 28.6 Å². The number of anilines is 2. The van der Waals surface area contributed by atoms with Crippen molar-refractivity contribution < 1.29 is 8.78 Å². The van der Waals surface area contributed by atoms with Crippen LogP contribution in [0.25, 0.3) is 11.1 Å². The van der Waals surface area contributed by atoms with E-state index in [2.05, 4.69) is 39.6 Å². The van der Waals surface area contributed by atoms with Crippen LogP contribution in [0.1, 0.15) is 38.8 Å². The molecule has 6 N–H and O–H groups in total. The Morgan fingerprint density at radius 1 is 1.00 bits per heavy atom. The molecule has 0 amide bonds. The van der Waals surface area contributed by atoms with Gasteiger partial charge in [-0.25, -0.2) is 13.8 Å². The summed E-state index contributed by atoms with van der Waals surface area (Å²) in [5, 5.41) is 0. The zero-order chi connectivity index (χ0) is 24.1. The third-order valence-corrected chi connectivity index (χ3v) is 4.37. The van der Waals surface area contributed by atoms with Crippen molar-refractivity contribution in [2.45, 2.75) is 46.1 Å². The summed E-state index contributed by atoms with van der Waals surface area (Å²) in [6, 6.07) is 9.82. The van der Waals surface area contributed by atoms with E-state index in [1.807, 2.05) is 46.8 Å². The fraction of sp³-hybridized carbons (Fsp3) is 0.261. The minimum atomic E-state index is -0.815. The molecule has 0 bridgehead atoms. The molecule has 0 fully saturated rings. The minimum Gasteiger partial charge on any atom is -0.396 e. The zero-order valence-corrected chi connectivity index (χ0v) is 21.0. The summed E-state index contributed by atoms with van der Waals surface area (Å²) < 4.78 is 28.6. The monoisotopic (exact) mass is 512 g/mol. The van der Waals surface area contributed by atoms with Crippen LogP contribution in [-0.4, -0.2) is 4.98 Å². The highest BCUT2D eigenvalue weighted by Crippen LogP contribution is 2.30. The van der Waals surface area contributed by atoms with Crippen molar-refractivity contribution >= 4 is 40.1 Å². The second kappa shape index (κ2) is 14.8. The van der Waals surface area contributed by atoms with Crippen molar-refractivity contribution in [2.24, 2.45) is 5.73 Å². The number of pyridine rings is 1. The third-order valence-electron chi connectivity index (χ3n) is 3.66. The first-order chi connectivity index (χ1) is 14.7. The van der Waals surface area contributed by atoms with Gasteiger partial charge in [0.25, 0.3) is 0 Å². The smallest absolute Gasteiger partial charge is 0.156 e. The lowest BCUT2D eigenvalue weighted by Gasteiger charge is -2.09. The van der Waals surface area contributed by atoms with Crippen molar-refractivity contribution in [1.29, 1.82) is 0 Å². The van der Waals surface area contributed by atoms with Gasteiger partial charge in [0.15, 0.2) is 5.82 Å².